The third-order valence-electron chi connectivity index (χ3n) is 5.23. The fourth-order valence-electron chi connectivity index (χ4n) is 3.49. The molecule has 0 spiro atoms. The van der Waals surface area contributed by atoms with Crippen molar-refractivity contribution in [1.82, 2.24) is 15.1 Å². The molecule has 2 amide bonds. The molecule has 1 aliphatic rings. The maximum Gasteiger partial charge on any atom is 0.338 e. The van der Waals surface area contributed by atoms with E-state index in [2.05, 4.69) is 10.2 Å². The number of nitrogens with zero attached hydrogens (tertiary/aromatic N) is 3. The molecule has 0 saturated heterocycles. The molecule has 10 heteroatoms. The summed E-state index contributed by atoms with van der Waals surface area (Å²) in [4.78, 5) is 38.9. The van der Waals surface area contributed by atoms with Crippen LogP contribution in [0.2, 0.25) is 0 Å². The van der Waals surface area contributed by atoms with Crippen molar-refractivity contribution in [3.63, 3.8) is 0 Å². The van der Waals surface area contributed by atoms with Crippen LogP contribution in [0.5, 0.6) is 5.75 Å². The van der Waals surface area contributed by atoms with Gasteiger partial charge < -0.3 is 18.3 Å². The number of amides is 2. The van der Waals surface area contributed by atoms with Gasteiger partial charge in [0.1, 0.15) is 11.5 Å². The molecule has 34 heavy (non-hydrogen) atoms. The number of ether oxygens (including phenoxy) is 2. The number of aromatic nitrogens is 2. The van der Waals surface area contributed by atoms with Crippen LogP contribution in [0.3, 0.4) is 0 Å². The number of benzene rings is 2. The van der Waals surface area contributed by atoms with E-state index in [4.69, 9.17) is 18.3 Å². The second-order valence-corrected chi connectivity index (χ2v) is 7.34. The summed E-state index contributed by atoms with van der Waals surface area (Å²) in [6.07, 6.45) is 1.46. The predicted octanol–water partition coefficient (Wildman–Crippen LogP) is 3.49. The molecule has 0 N–H and O–H groups in total. The molecule has 5 rings (SSSR count). The first-order valence-corrected chi connectivity index (χ1v) is 10.2. The monoisotopic (exact) mass is 459 g/mol. The van der Waals surface area contributed by atoms with Crippen LogP contribution in [-0.4, -0.2) is 40.0 Å². The van der Waals surface area contributed by atoms with Crippen LogP contribution in [0.1, 0.15) is 42.7 Å². The van der Waals surface area contributed by atoms with Crippen molar-refractivity contribution < 1.29 is 32.7 Å². The van der Waals surface area contributed by atoms with Crippen LogP contribution in [-0.2, 0) is 17.9 Å². The summed E-state index contributed by atoms with van der Waals surface area (Å²) in [5.41, 5.74) is 1.15. The number of carbonyl (C=O) groups is 3. The molecule has 170 valence electrons. The topological polar surface area (TPSA) is 125 Å². The summed E-state index contributed by atoms with van der Waals surface area (Å²) < 4.78 is 21.1. The van der Waals surface area contributed by atoms with Gasteiger partial charge in [-0.3, -0.25) is 14.5 Å². The second kappa shape index (κ2) is 8.66. The van der Waals surface area contributed by atoms with Crippen molar-refractivity contribution in [3.05, 3.63) is 89.2 Å². The highest BCUT2D eigenvalue weighted by Crippen LogP contribution is 2.26. The van der Waals surface area contributed by atoms with Gasteiger partial charge in [0.05, 0.1) is 36.6 Å². The van der Waals surface area contributed by atoms with E-state index >= 15 is 0 Å². The molecule has 0 atom stereocenters. The molecule has 0 saturated carbocycles. The zero-order valence-electron chi connectivity index (χ0n) is 17.9. The molecule has 2 aromatic carbocycles. The van der Waals surface area contributed by atoms with E-state index in [-0.39, 0.29) is 41.6 Å². The lowest BCUT2D eigenvalue weighted by molar-refractivity contribution is 0.0438. The summed E-state index contributed by atoms with van der Waals surface area (Å²) >= 11 is 0. The molecule has 0 unspecified atom stereocenters. The number of imide groups is 1. The lowest BCUT2D eigenvalue weighted by Crippen LogP contribution is -2.28. The summed E-state index contributed by atoms with van der Waals surface area (Å²) in [6.45, 7) is -0.247. The molecule has 0 aliphatic carbocycles. The third-order valence-corrected chi connectivity index (χ3v) is 5.23. The number of carbonyl (C=O) groups excluding carboxylic acids is 3. The molecule has 4 aromatic rings. The van der Waals surface area contributed by atoms with Crippen molar-refractivity contribution in [2.75, 3.05) is 7.11 Å². The van der Waals surface area contributed by atoms with Crippen LogP contribution in [0.25, 0.3) is 11.5 Å². The first-order chi connectivity index (χ1) is 16.5. The minimum atomic E-state index is -0.697. The van der Waals surface area contributed by atoms with E-state index < -0.39 is 17.8 Å². The first kappa shape index (κ1) is 21.1. The van der Waals surface area contributed by atoms with E-state index in [1.807, 2.05) is 0 Å². The van der Waals surface area contributed by atoms with Gasteiger partial charge in [-0.25, -0.2) is 4.79 Å². The molecule has 0 radical (unpaired) electrons. The Hall–Kier alpha value is -4.73. The van der Waals surface area contributed by atoms with E-state index in [1.54, 1.807) is 43.5 Å². The fraction of sp³-hybridized carbons (Fsp3) is 0.125. The van der Waals surface area contributed by atoms with Crippen LogP contribution in [0.15, 0.2) is 69.7 Å². The minimum Gasteiger partial charge on any atom is -0.497 e. The lowest BCUT2D eigenvalue weighted by atomic mass is 10.1. The average Bonchev–Trinajstić information content (AvgIpc) is 3.61. The number of rotatable bonds is 7. The Balaban J connectivity index is 1.25. The van der Waals surface area contributed by atoms with E-state index in [0.717, 1.165) is 4.90 Å². The van der Waals surface area contributed by atoms with Gasteiger partial charge in [-0.15, -0.1) is 10.2 Å². The molecule has 0 fully saturated rings. The average molecular weight is 459 g/mol. The van der Waals surface area contributed by atoms with Crippen molar-refractivity contribution in [1.29, 1.82) is 0 Å². The smallest absolute Gasteiger partial charge is 0.338 e. The highest BCUT2D eigenvalue weighted by Gasteiger charge is 2.36. The summed E-state index contributed by atoms with van der Waals surface area (Å²) in [5.74, 6) is -0.112. The van der Waals surface area contributed by atoms with Gasteiger partial charge in [-0.1, -0.05) is 0 Å². The SMILES string of the molecule is COc1ccc(-c2nnc(COC(=O)c3ccc4c(c3)C(=O)N(Cc3ccco3)C4=O)o2)cc1. The number of furan rings is 1. The Morgan fingerprint density at radius 3 is 2.53 bits per heavy atom. The highest BCUT2D eigenvalue weighted by molar-refractivity contribution is 6.21. The summed E-state index contributed by atoms with van der Waals surface area (Å²) in [6, 6.07) is 14.6. The normalized spacial score (nSPS) is 12.7. The Morgan fingerprint density at radius 1 is 1.00 bits per heavy atom. The molecule has 10 nitrogen and oxygen atoms in total. The number of methoxy groups -OCH3 is 1. The molecule has 2 aromatic heterocycles. The van der Waals surface area contributed by atoms with Crippen molar-refractivity contribution in [2.24, 2.45) is 0 Å². The van der Waals surface area contributed by atoms with Crippen molar-refractivity contribution in [2.45, 2.75) is 13.2 Å². The fourth-order valence-corrected chi connectivity index (χ4v) is 3.49. The Morgan fingerprint density at radius 2 is 1.79 bits per heavy atom. The zero-order valence-corrected chi connectivity index (χ0v) is 17.9. The van der Waals surface area contributed by atoms with Gasteiger partial charge >= 0.3 is 5.97 Å². The van der Waals surface area contributed by atoms with Crippen LogP contribution < -0.4 is 4.74 Å². The van der Waals surface area contributed by atoms with Crippen LogP contribution >= 0.6 is 0 Å². The van der Waals surface area contributed by atoms with E-state index in [1.165, 1.54) is 24.5 Å². The lowest BCUT2D eigenvalue weighted by Gasteiger charge is -2.11. The minimum absolute atomic E-state index is 0.00676. The number of esters is 1. The summed E-state index contributed by atoms with van der Waals surface area (Å²) in [7, 11) is 1.57. The summed E-state index contributed by atoms with van der Waals surface area (Å²) in [5, 5.41) is 7.84. The number of hydrogen-bond acceptors (Lipinski definition) is 9. The van der Waals surface area contributed by atoms with Crippen LogP contribution in [0.4, 0.5) is 0 Å². The molecular weight excluding hydrogens is 442 g/mol. The largest absolute Gasteiger partial charge is 0.497 e. The van der Waals surface area contributed by atoms with E-state index in [0.29, 0.717) is 17.1 Å². The maximum absolute atomic E-state index is 12.7. The Bertz CT molecular complexity index is 1370. The molecule has 0 bridgehead atoms. The standard InChI is InChI=1S/C24H17N3O7/c1-31-16-7-4-14(5-8-16)21-26-25-20(34-21)13-33-24(30)15-6-9-18-19(11-15)23(29)27(22(18)28)12-17-3-2-10-32-17/h2-11H,12-13H2,1H3. The molecule has 3 heterocycles. The molecule has 1 aliphatic heterocycles. The Labute approximate surface area is 192 Å². The van der Waals surface area contributed by atoms with Gasteiger partial charge in [0.15, 0.2) is 6.61 Å². The third kappa shape index (κ3) is 3.92. The van der Waals surface area contributed by atoms with Crippen molar-refractivity contribution in [3.8, 4) is 17.2 Å². The number of hydrogen-bond donors (Lipinski definition) is 0. The van der Waals surface area contributed by atoms with Gasteiger partial charge in [-0.05, 0) is 54.6 Å². The number of fused-ring (bicyclic) bond motifs is 1. The second-order valence-electron chi connectivity index (χ2n) is 7.34. The maximum atomic E-state index is 12.7. The van der Waals surface area contributed by atoms with Crippen molar-refractivity contribution >= 4 is 17.8 Å². The van der Waals surface area contributed by atoms with Crippen LogP contribution in [0, 0.1) is 0 Å². The Kier molecular flexibility index (Phi) is 5.38. The van der Waals surface area contributed by atoms with Gasteiger partial charge in [-0.2, -0.15) is 0 Å². The first-order valence-electron chi connectivity index (χ1n) is 10.2. The quantitative estimate of drug-likeness (QED) is 0.302. The van der Waals surface area contributed by atoms with E-state index in [9.17, 15) is 14.4 Å². The van der Waals surface area contributed by atoms with Gasteiger partial charge in [0.2, 0.25) is 5.89 Å². The zero-order chi connectivity index (χ0) is 23.7. The van der Waals surface area contributed by atoms with Gasteiger partial charge in [0, 0.05) is 5.56 Å². The predicted molar refractivity (Wildman–Crippen MR) is 115 cm³/mol. The highest BCUT2D eigenvalue weighted by atomic mass is 16.5. The molecular formula is C24H17N3O7. The van der Waals surface area contributed by atoms with Gasteiger partial charge in [0.25, 0.3) is 17.7 Å².